The third-order valence-electron chi connectivity index (χ3n) is 5.34. The number of nitrogens with zero attached hydrogens (tertiary/aromatic N) is 3. The molecule has 6 heteroatoms. The van der Waals surface area contributed by atoms with Gasteiger partial charge in [-0.25, -0.2) is 4.98 Å². The third kappa shape index (κ3) is 3.09. The standard InChI is InChI=1S/C24H17Cl2N3O/c1-28-21(13-15-7-9-16(25)10-8-15)27-22-23(28)19-12-11-17(26)14-20(19)29(24(22)30)18-5-3-2-4-6-18/h2-12,14H,13H2,1H3. The molecule has 0 aliphatic carbocycles. The Balaban J connectivity index is 1.82. The smallest absolute Gasteiger partial charge is 0.283 e. The maximum atomic E-state index is 13.5. The Kier molecular flexibility index (Phi) is 4.61. The molecule has 0 fully saturated rings. The lowest BCUT2D eigenvalue weighted by molar-refractivity contribution is 0.846. The van der Waals surface area contributed by atoms with E-state index in [1.165, 1.54) is 0 Å². The minimum Gasteiger partial charge on any atom is -0.330 e. The zero-order chi connectivity index (χ0) is 20.8. The molecule has 30 heavy (non-hydrogen) atoms. The number of fused-ring (bicyclic) bond motifs is 3. The van der Waals surface area contributed by atoms with Crippen LogP contribution in [-0.2, 0) is 13.5 Å². The molecule has 148 valence electrons. The fourth-order valence-electron chi connectivity index (χ4n) is 3.88. The van der Waals surface area contributed by atoms with Crippen LogP contribution in [0.15, 0.2) is 77.6 Å². The zero-order valence-electron chi connectivity index (χ0n) is 16.1. The van der Waals surface area contributed by atoms with E-state index < -0.39 is 0 Å². The second kappa shape index (κ2) is 7.31. The first-order valence-corrected chi connectivity index (χ1v) is 10.3. The van der Waals surface area contributed by atoms with Gasteiger partial charge in [-0.1, -0.05) is 53.5 Å². The zero-order valence-corrected chi connectivity index (χ0v) is 17.7. The molecule has 0 saturated carbocycles. The number of pyridine rings is 1. The number of imidazole rings is 1. The fraction of sp³-hybridized carbons (Fsp3) is 0.0833. The molecule has 0 spiro atoms. The number of hydrogen-bond donors (Lipinski definition) is 0. The SMILES string of the molecule is Cn1c(Cc2ccc(Cl)cc2)nc2c(=O)n(-c3ccccc3)c3cc(Cl)ccc3c21. The Morgan fingerprint density at radius 3 is 2.33 bits per heavy atom. The van der Waals surface area contributed by atoms with Crippen molar-refractivity contribution in [1.82, 2.24) is 14.1 Å². The van der Waals surface area contributed by atoms with Crippen LogP contribution in [0.1, 0.15) is 11.4 Å². The van der Waals surface area contributed by atoms with Crippen LogP contribution in [0.4, 0.5) is 0 Å². The minimum atomic E-state index is -0.163. The van der Waals surface area contributed by atoms with E-state index in [9.17, 15) is 4.79 Å². The largest absolute Gasteiger partial charge is 0.330 e. The van der Waals surface area contributed by atoms with Gasteiger partial charge in [0.25, 0.3) is 5.56 Å². The molecule has 2 aromatic heterocycles. The highest BCUT2D eigenvalue weighted by atomic mass is 35.5. The van der Waals surface area contributed by atoms with E-state index in [0.29, 0.717) is 22.0 Å². The molecule has 4 nitrogen and oxygen atoms in total. The molecule has 5 rings (SSSR count). The highest BCUT2D eigenvalue weighted by Gasteiger charge is 2.19. The maximum absolute atomic E-state index is 13.5. The molecule has 0 radical (unpaired) electrons. The Morgan fingerprint density at radius 2 is 1.60 bits per heavy atom. The normalized spacial score (nSPS) is 11.4. The minimum absolute atomic E-state index is 0.163. The molecule has 2 heterocycles. The van der Waals surface area contributed by atoms with Gasteiger partial charge in [-0.15, -0.1) is 0 Å². The van der Waals surface area contributed by atoms with Crippen LogP contribution in [0.2, 0.25) is 10.0 Å². The number of rotatable bonds is 3. The van der Waals surface area contributed by atoms with Gasteiger partial charge >= 0.3 is 0 Å². The van der Waals surface area contributed by atoms with Crippen LogP contribution in [-0.4, -0.2) is 14.1 Å². The average Bonchev–Trinajstić information content (AvgIpc) is 3.07. The molecule has 0 bridgehead atoms. The van der Waals surface area contributed by atoms with Crippen molar-refractivity contribution >= 4 is 45.1 Å². The predicted molar refractivity (Wildman–Crippen MR) is 123 cm³/mol. The summed E-state index contributed by atoms with van der Waals surface area (Å²) >= 11 is 12.3. The Labute approximate surface area is 182 Å². The van der Waals surface area contributed by atoms with Gasteiger partial charge in [0.05, 0.1) is 11.0 Å². The summed E-state index contributed by atoms with van der Waals surface area (Å²) in [6.45, 7) is 0. The molecule has 0 N–H and O–H groups in total. The van der Waals surface area contributed by atoms with Crippen LogP contribution in [0.3, 0.4) is 0 Å². The monoisotopic (exact) mass is 433 g/mol. The molecular formula is C24H17Cl2N3O. The number of hydrogen-bond acceptors (Lipinski definition) is 2. The number of aromatic nitrogens is 3. The predicted octanol–water partition coefficient (Wildman–Crippen LogP) is 5.78. The molecule has 0 saturated heterocycles. The van der Waals surface area contributed by atoms with Crippen LogP contribution >= 0.6 is 23.2 Å². The molecule has 0 aliphatic heterocycles. The quantitative estimate of drug-likeness (QED) is 0.362. The van der Waals surface area contributed by atoms with Crippen molar-refractivity contribution in [2.45, 2.75) is 6.42 Å². The van der Waals surface area contributed by atoms with Gasteiger partial charge in [0.2, 0.25) is 0 Å². The van der Waals surface area contributed by atoms with Gasteiger partial charge in [-0.05, 0) is 48.0 Å². The Hall–Kier alpha value is -3.08. The van der Waals surface area contributed by atoms with E-state index in [0.717, 1.165) is 33.5 Å². The van der Waals surface area contributed by atoms with Crippen LogP contribution in [0.5, 0.6) is 0 Å². The summed E-state index contributed by atoms with van der Waals surface area (Å²) in [6, 6.07) is 22.9. The lowest BCUT2D eigenvalue weighted by atomic mass is 10.1. The number of aryl methyl sites for hydroxylation is 1. The lowest BCUT2D eigenvalue weighted by Gasteiger charge is -2.12. The summed E-state index contributed by atoms with van der Waals surface area (Å²) in [5.41, 5.74) is 3.70. The van der Waals surface area contributed by atoms with Gasteiger partial charge in [0.1, 0.15) is 5.82 Å². The maximum Gasteiger partial charge on any atom is 0.283 e. The highest BCUT2D eigenvalue weighted by molar-refractivity contribution is 6.31. The van der Waals surface area contributed by atoms with Gasteiger partial charge in [0.15, 0.2) is 5.52 Å². The van der Waals surface area contributed by atoms with Crippen molar-refractivity contribution in [1.29, 1.82) is 0 Å². The van der Waals surface area contributed by atoms with Crippen molar-refractivity contribution < 1.29 is 0 Å². The lowest BCUT2D eigenvalue weighted by Crippen LogP contribution is -2.19. The second-order valence-electron chi connectivity index (χ2n) is 7.23. The van der Waals surface area contributed by atoms with E-state index >= 15 is 0 Å². The molecular weight excluding hydrogens is 417 g/mol. The molecule has 0 aliphatic rings. The van der Waals surface area contributed by atoms with Crippen LogP contribution in [0, 0.1) is 0 Å². The van der Waals surface area contributed by atoms with Crippen molar-refractivity contribution in [3.63, 3.8) is 0 Å². The highest BCUT2D eigenvalue weighted by Crippen LogP contribution is 2.28. The summed E-state index contributed by atoms with van der Waals surface area (Å²) in [6.07, 6.45) is 0.599. The summed E-state index contributed by atoms with van der Waals surface area (Å²) in [4.78, 5) is 18.3. The Bertz CT molecular complexity index is 1450. The topological polar surface area (TPSA) is 39.8 Å². The second-order valence-corrected chi connectivity index (χ2v) is 8.10. The Morgan fingerprint density at radius 1 is 0.900 bits per heavy atom. The first-order valence-electron chi connectivity index (χ1n) is 9.52. The van der Waals surface area contributed by atoms with Gasteiger partial charge in [-0.3, -0.25) is 9.36 Å². The number of halogens is 2. The van der Waals surface area contributed by atoms with Crippen molar-refractivity contribution in [2.24, 2.45) is 7.05 Å². The van der Waals surface area contributed by atoms with E-state index in [1.807, 2.05) is 84.4 Å². The van der Waals surface area contributed by atoms with Gasteiger partial charge in [-0.2, -0.15) is 0 Å². The molecule has 0 amide bonds. The van der Waals surface area contributed by atoms with Crippen LogP contribution in [0.25, 0.3) is 27.6 Å². The molecule has 5 aromatic rings. The first-order chi connectivity index (χ1) is 14.5. The van der Waals surface area contributed by atoms with Crippen molar-refractivity contribution in [3.05, 3.63) is 105 Å². The van der Waals surface area contributed by atoms with E-state index in [1.54, 1.807) is 4.57 Å². The van der Waals surface area contributed by atoms with Crippen molar-refractivity contribution in [2.75, 3.05) is 0 Å². The number of benzene rings is 3. The summed E-state index contributed by atoms with van der Waals surface area (Å²) in [7, 11) is 1.95. The van der Waals surface area contributed by atoms with Gasteiger partial charge < -0.3 is 4.57 Å². The summed E-state index contributed by atoms with van der Waals surface area (Å²) in [5.74, 6) is 0.812. The van der Waals surface area contributed by atoms with Crippen molar-refractivity contribution in [3.8, 4) is 5.69 Å². The van der Waals surface area contributed by atoms with E-state index in [4.69, 9.17) is 28.2 Å². The first kappa shape index (κ1) is 18.9. The fourth-order valence-corrected chi connectivity index (χ4v) is 4.18. The van der Waals surface area contributed by atoms with Crippen LogP contribution < -0.4 is 5.56 Å². The summed E-state index contributed by atoms with van der Waals surface area (Å²) in [5, 5.41) is 2.20. The average molecular weight is 434 g/mol. The molecule has 0 atom stereocenters. The molecule has 3 aromatic carbocycles. The number of para-hydroxylation sites is 1. The van der Waals surface area contributed by atoms with E-state index in [2.05, 4.69) is 0 Å². The van der Waals surface area contributed by atoms with E-state index in [-0.39, 0.29) is 5.56 Å². The molecule has 0 unspecified atom stereocenters. The third-order valence-corrected chi connectivity index (χ3v) is 5.83. The summed E-state index contributed by atoms with van der Waals surface area (Å²) < 4.78 is 3.68. The van der Waals surface area contributed by atoms with Gasteiger partial charge in [0, 0.05) is 34.6 Å².